The molecule has 8 nitrogen and oxygen atoms in total. The van der Waals surface area contributed by atoms with E-state index in [9.17, 15) is 9.59 Å². The lowest BCUT2D eigenvalue weighted by Gasteiger charge is -2.19. The molecular formula is C24H30BrN3O5. The van der Waals surface area contributed by atoms with Crippen LogP contribution >= 0.6 is 15.9 Å². The van der Waals surface area contributed by atoms with Gasteiger partial charge in [-0.1, -0.05) is 32.0 Å². The fraction of sp³-hybridized carbons (Fsp3) is 0.375. The molecule has 0 aromatic heterocycles. The van der Waals surface area contributed by atoms with Gasteiger partial charge in [-0.15, -0.1) is 0 Å². The van der Waals surface area contributed by atoms with E-state index < -0.39 is 11.9 Å². The van der Waals surface area contributed by atoms with Gasteiger partial charge in [0.05, 0.1) is 20.4 Å². The van der Waals surface area contributed by atoms with E-state index in [0.29, 0.717) is 29.2 Å². The van der Waals surface area contributed by atoms with E-state index >= 15 is 0 Å². The Labute approximate surface area is 202 Å². The molecule has 1 atom stereocenters. The van der Waals surface area contributed by atoms with Crippen molar-refractivity contribution in [2.45, 2.75) is 33.2 Å². The lowest BCUT2D eigenvalue weighted by molar-refractivity contribution is -0.130. The van der Waals surface area contributed by atoms with Crippen molar-refractivity contribution in [3.05, 3.63) is 52.0 Å². The molecule has 0 bridgehead atoms. The highest BCUT2D eigenvalue weighted by molar-refractivity contribution is 9.10. The topological polar surface area (TPSA) is 98.2 Å². The van der Waals surface area contributed by atoms with Gasteiger partial charge in [-0.05, 0) is 59.0 Å². The number of hydrazone groups is 1. The van der Waals surface area contributed by atoms with Crippen LogP contribution < -0.4 is 25.0 Å². The minimum absolute atomic E-state index is 0.183. The molecule has 0 saturated heterocycles. The molecule has 0 unspecified atom stereocenters. The molecule has 2 aromatic rings. The fourth-order valence-corrected chi connectivity index (χ4v) is 3.44. The van der Waals surface area contributed by atoms with Crippen molar-refractivity contribution in [3.63, 3.8) is 0 Å². The number of benzene rings is 2. The molecule has 2 rings (SSSR count). The van der Waals surface area contributed by atoms with Gasteiger partial charge in [-0.3, -0.25) is 9.59 Å². The number of amides is 2. The molecule has 0 spiro atoms. The summed E-state index contributed by atoms with van der Waals surface area (Å²) in [5, 5.41) is 6.78. The number of nitrogens with zero attached hydrogens (tertiary/aromatic N) is 1. The zero-order valence-electron chi connectivity index (χ0n) is 19.5. The van der Waals surface area contributed by atoms with Crippen molar-refractivity contribution < 1.29 is 23.8 Å². The van der Waals surface area contributed by atoms with Gasteiger partial charge in [0.2, 0.25) is 0 Å². The van der Waals surface area contributed by atoms with Crippen LogP contribution in [-0.2, 0) is 9.59 Å². The van der Waals surface area contributed by atoms with Crippen molar-refractivity contribution >= 4 is 34.0 Å². The normalized spacial score (nSPS) is 11.8. The number of carbonyl (C=O) groups excluding carboxylic acids is 2. The highest BCUT2D eigenvalue weighted by Gasteiger charge is 2.22. The second-order valence-electron chi connectivity index (χ2n) is 7.77. The third kappa shape index (κ3) is 8.09. The minimum Gasteiger partial charge on any atom is -0.493 e. The summed E-state index contributed by atoms with van der Waals surface area (Å²) in [6.07, 6.45) is 1.94. The molecule has 2 aromatic carbocycles. The van der Waals surface area contributed by atoms with E-state index in [1.165, 1.54) is 13.3 Å². The van der Waals surface area contributed by atoms with Crippen LogP contribution in [0.5, 0.6) is 17.2 Å². The molecule has 0 heterocycles. The van der Waals surface area contributed by atoms with E-state index in [2.05, 4.69) is 31.8 Å². The second-order valence-corrected chi connectivity index (χ2v) is 8.62. The van der Waals surface area contributed by atoms with Crippen molar-refractivity contribution in [3.8, 4) is 17.2 Å². The molecule has 2 N–H and O–H groups in total. The number of hydrogen-bond donors (Lipinski definition) is 2. The summed E-state index contributed by atoms with van der Waals surface area (Å²) in [5.74, 6) is 1.11. The number of hydrogen-bond acceptors (Lipinski definition) is 6. The Hall–Kier alpha value is -3.07. The Bertz CT molecular complexity index is 994. The first kappa shape index (κ1) is 26.2. The molecule has 9 heteroatoms. The molecular weight excluding hydrogens is 490 g/mol. The number of para-hydroxylation sites is 1. The smallest absolute Gasteiger partial charge is 0.262 e. The van der Waals surface area contributed by atoms with Gasteiger partial charge in [0.1, 0.15) is 11.8 Å². The average molecular weight is 520 g/mol. The predicted molar refractivity (Wildman–Crippen MR) is 131 cm³/mol. The van der Waals surface area contributed by atoms with Crippen LogP contribution in [0.3, 0.4) is 0 Å². The molecule has 178 valence electrons. The Balaban J connectivity index is 2.01. The first-order chi connectivity index (χ1) is 15.7. The van der Waals surface area contributed by atoms with E-state index in [4.69, 9.17) is 14.2 Å². The molecule has 0 radical (unpaired) electrons. The first-order valence-corrected chi connectivity index (χ1v) is 11.3. The van der Waals surface area contributed by atoms with Crippen molar-refractivity contribution in [2.75, 3.05) is 20.8 Å². The maximum Gasteiger partial charge on any atom is 0.262 e. The molecule has 0 aliphatic heterocycles. The van der Waals surface area contributed by atoms with E-state index in [0.717, 1.165) is 10.0 Å². The third-order valence-electron chi connectivity index (χ3n) is 4.69. The third-order valence-corrected chi connectivity index (χ3v) is 5.38. The number of carbonyl (C=O) groups is 2. The summed E-state index contributed by atoms with van der Waals surface area (Å²) in [7, 11) is 3.09. The Morgan fingerprint density at radius 3 is 2.39 bits per heavy atom. The van der Waals surface area contributed by atoms with Gasteiger partial charge >= 0.3 is 0 Å². The highest BCUT2D eigenvalue weighted by atomic mass is 79.9. The minimum atomic E-state index is -0.746. The summed E-state index contributed by atoms with van der Waals surface area (Å²) in [4.78, 5) is 25.1. The molecule has 0 aliphatic rings. The predicted octanol–water partition coefficient (Wildman–Crippen LogP) is 3.83. The summed E-state index contributed by atoms with van der Waals surface area (Å²) in [5.41, 5.74) is 4.11. The van der Waals surface area contributed by atoms with Gasteiger partial charge in [-0.25, -0.2) is 5.43 Å². The lowest BCUT2D eigenvalue weighted by atomic mass is 10.0. The zero-order valence-corrected chi connectivity index (χ0v) is 21.1. The Kier molecular flexibility index (Phi) is 10.2. The maximum atomic E-state index is 12.7. The van der Waals surface area contributed by atoms with Gasteiger partial charge in [0.25, 0.3) is 11.8 Å². The first-order valence-electron chi connectivity index (χ1n) is 10.5. The largest absolute Gasteiger partial charge is 0.493 e. The number of methoxy groups -OCH3 is 2. The van der Waals surface area contributed by atoms with Crippen molar-refractivity contribution in [2.24, 2.45) is 11.0 Å². The number of aryl methyl sites for hydroxylation is 1. The summed E-state index contributed by atoms with van der Waals surface area (Å²) in [6, 6.07) is 10.2. The van der Waals surface area contributed by atoms with Crippen LogP contribution in [0.25, 0.3) is 0 Å². The Morgan fingerprint density at radius 1 is 1.09 bits per heavy atom. The van der Waals surface area contributed by atoms with E-state index in [-0.39, 0.29) is 18.4 Å². The van der Waals surface area contributed by atoms with Gasteiger partial charge in [-0.2, -0.15) is 5.10 Å². The monoisotopic (exact) mass is 519 g/mol. The number of nitrogens with one attached hydrogen (secondary N) is 2. The summed E-state index contributed by atoms with van der Waals surface area (Å²) in [6.45, 7) is 5.66. The van der Waals surface area contributed by atoms with Crippen LogP contribution in [-0.4, -0.2) is 44.9 Å². The van der Waals surface area contributed by atoms with Crippen LogP contribution in [0, 0.1) is 12.8 Å². The lowest BCUT2D eigenvalue weighted by Crippen LogP contribution is -2.47. The van der Waals surface area contributed by atoms with Crippen molar-refractivity contribution in [1.29, 1.82) is 0 Å². The average Bonchev–Trinajstić information content (AvgIpc) is 2.78. The molecule has 0 saturated carbocycles. The van der Waals surface area contributed by atoms with Crippen LogP contribution in [0.1, 0.15) is 31.4 Å². The van der Waals surface area contributed by atoms with Crippen LogP contribution in [0.15, 0.2) is 46.0 Å². The summed E-state index contributed by atoms with van der Waals surface area (Å²) < 4.78 is 16.8. The SMILES string of the molecule is COc1cc(Br)c(/C=N\NC(=O)[C@H](CC(C)C)NC(=O)COc2ccccc2C)cc1OC. The molecule has 0 aliphatic carbocycles. The maximum absolute atomic E-state index is 12.7. The van der Waals surface area contributed by atoms with E-state index in [1.54, 1.807) is 25.3 Å². The van der Waals surface area contributed by atoms with E-state index in [1.807, 2.05) is 39.0 Å². The highest BCUT2D eigenvalue weighted by Crippen LogP contribution is 2.32. The standard InChI is InChI=1S/C24H30BrN3O5/c1-15(2)10-19(27-23(29)14-33-20-9-7-6-8-16(20)3)24(30)28-26-13-17-11-21(31-4)22(32-5)12-18(17)25/h6-9,11-13,15,19H,10,14H2,1-5H3,(H,27,29)(H,28,30)/b26-13-/t19-/m0/s1. The van der Waals surface area contributed by atoms with Gasteiger partial charge < -0.3 is 19.5 Å². The quantitative estimate of drug-likeness (QED) is 0.347. The van der Waals surface area contributed by atoms with Gasteiger partial charge in [0, 0.05) is 10.0 Å². The second kappa shape index (κ2) is 12.8. The molecule has 33 heavy (non-hydrogen) atoms. The van der Waals surface area contributed by atoms with Gasteiger partial charge in [0.15, 0.2) is 18.1 Å². The fourth-order valence-electron chi connectivity index (χ4n) is 3.01. The summed E-state index contributed by atoms with van der Waals surface area (Å²) >= 11 is 3.44. The Morgan fingerprint density at radius 2 is 1.76 bits per heavy atom. The number of rotatable bonds is 11. The van der Waals surface area contributed by atoms with Crippen LogP contribution in [0.4, 0.5) is 0 Å². The van der Waals surface area contributed by atoms with Crippen molar-refractivity contribution in [1.82, 2.24) is 10.7 Å². The van der Waals surface area contributed by atoms with Crippen LogP contribution in [0.2, 0.25) is 0 Å². The molecule has 0 fully saturated rings. The molecule has 2 amide bonds. The zero-order chi connectivity index (χ0) is 24.4. The number of halogens is 1. The number of ether oxygens (including phenoxy) is 3.